The summed E-state index contributed by atoms with van der Waals surface area (Å²) in [6.07, 6.45) is 3.12. The van der Waals surface area contributed by atoms with Gasteiger partial charge in [-0.05, 0) is 119 Å². The van der Waals surface area contributed by atoms with E-state index in [9.17, 15) is 62.3 Å². The van der Waals surface area contributed by atoms with Gasteiger partial charge in [-0.15, -0.1) is 0 Å². The predicted molar refractivity (Wildman–Crippen MR) is 356 cm³/mol. The van der Waals surface area contributed by atoms with Gasteiger partial charge < -0.3 is 92.5 Å². The van der Waals surface area contributed by atoms with Crippen LogP contribution in [-0.4, -0.2) is 198 Å². The molecule has 32 heteroatoms. The number of aliphatic imine (C=N–C) groups is 1. The molecule has 31 nitrogen and oxygen atoms in total. The first-order valence-corrected chi connectivity index (χ1v) is 33.6. The van der Waals surface area contributed by atoms with E-state index in [1.165, 1.54) is 21.6 Å². The van der Waals surface area contributed by atoms with Gasteiger partial charge in [-0.1, -0.05) is 74.5 Å². The monoisotopic (exact) mass is 1350 g/mol. The third kappa shape index (κ3) is 27.5. The Hall–Kier alpha value is -8.91. The zero-order chi connectivity index (χ0) is 70.1. The van der Waals surface area contributed by atoms with Crippen molar-refractivity contribution in [2.45, 2.75) is 183 Å². The highest BCUT2D eigenvalue weighted by atomic mass is 32.2. The van der Waals surface area contributed by atoms with Crippen LogP contribution in [0.25, 0.3) is 0 Å². The normalized spacial score (nSPS) is 16.8. The molecule has 0 spiro atoms. The Kier molecular flexibility index (Phi) is 33.9. The number of carbonyl (C=O) groups excluding carboxylic acids is 13. The molecule has 2 saturated heterocycles. The van der Waals surface area contributed by atoms with Crippen molar-refractivity contribution in [1.29, 1.82) is 0 Å². The van der Waals surface area contributed by atoms with Gasteiger partial charge in [0, 0.05) is 45.3 Å². The Bertz CT molecular complexity index is 2960. The van der Waals surface area contributed by atoms with Gasteiger partial charge in [-0.2, -0.15) is 11.8 Å². The molecule has 0 aromatic heterocycles. The molecule has 0 radical (unpaired) electrons. The van der Waals surface area contributed by atoms with Crippen LogP contribution in [0.2, 0.25) is 0 Å². The van der Waals surface area contributed by atoms with E-state index in [1.807, 2.05) is 20.1 Å². The van der Waals surface area contributed by atoms with E-state index in [2.05, 4.69) is 47.5 Å². The number of nitrogens with zero attached hydrogens (tertiary/aromatic N) is 3. The Morgan fingerprint density at radius 2 is 1.01 bits per heavy atom. The summed E-state index contributed by atoms with van der Waals surface area (Å²) in [4.78, 5) is 185. The van der Waals surface area contributed by atoms with Crippen LogP contribution in [0.3, 0.4) is 0 Å². The van der Waals surface area contributed by atoms with Gasteiger partial charge in [0.1, 0.15) is 54.4 Å². The molecule has 4 rings (SSSR count). The highest BCUT2D eigenvalue weighted by molar-refractivity contribution is 7.98. The van der Waals surface area contributed by atoms with Gasteiger partial charge in [0.2, 0.25) is 76.8 Å². The first-order valence-electron chi connectivity index (χ1n) is 32.2. The van der Waals surface area contributed by atoms with Gasteiger partial charge in [0.05, 0.1) is 12.6 Å². The minimum Gasteiger partial charge on any atom is -0.370 e. The van der Waals surface area contributed by atoms with Gasteiger partial charge >= 0.3 is 0 Å². The number of hydrogen-bond donors (Lipinski definition) is 15. The SMILES string of the molecule is CSCC[C@H](NC(=O)[C@H](CC(C)C)NC(=O)CNC(=O)[C@H](Cc1ccccc1)NC(=O)[C@H](Cc1ccccc1)NC(=O)[C@H](CCC(N)=O)NC(=O)[C@H](CCC(N)=O)NC(=O)[C@H]1CCCN1C(=O)[C@@H](CCCCN)NC(=O)[C@@H]1CCCN1C(=O)[C@H](N)CCCN=C(N)N)C(N)=O. The summed E-state index contributed by atoms with van der Waals surface area (Å²) < 4.78 is 0. The quantitative estimate of drug-likeness (QED) is 0.0173. The van der Waals surface area contributed by atoms with Crippen LogP contribution < -0.4 is 82.7 Å². The number of hydrogen-bond acceptors (Lipinski definition) is 17. The van der Waals surface area contributed by atoms with Crippen molar-refractivity contribution in [2.75, 3.05) is 44.7 Å². The van der Waals surface area contributed by atoms with Crippen LogP contribution in [-0.2, 0) is 75.2 Å². The van der Waals surface area contributed by atoms with E-state index in [4.69, 9.17) is 40.1 Å². The number of nitrogens with two attached hydrogens (primary N) is 7. The lowest BCUT2D eigenvalue weighted by Gasteiger charge is -2.32. The third-order valence-corrected chi connectivity index (χ3v) is 16.7. The first kappa shape index (κ1) is 78.5. The van der Waals surface area contributed by atoms with Gasteiger partial charge in [0.15, 0.2) is 5.96 Å². The lowest BCUT2D eigenvalue weighted by molar-refractivity contribution is -0.144. The average Bonchev–Trinajstić information content (AvgIpc) is 1.74. The van der Waals surface area contributed by atoms with Crippen molar-refractivity contribution in [3.8, 4) is 0 Å². The van der Waals surface area contributed by atoms with Crippen molar-refractivity contribution in [1.82, 2.24) is 52.3 Å². The smallest absolute Gasteiger partial charge is 0.245 e. The lowest BCUT2D eigenvalue weighted by atomic mass is 10.0. The number of primary amides is 3. The molecule has 13 amide bonds. The first-order chi connectivity index (χ1) is 45.2. The summed E-state index contributed by atoms with van der Waals surface area (Å²) in [7, 11) is 0. The maximum absolute atomic E-state index is 14.7. The molecule has 524 valence electrons. The molecule has 10 atom stereocenters. The zero-order valence-corrected chi connectivity index (χ0v) is 55.3. The van der Waals surface area contributed by atoms with E-state index in [0.717, 1.165) is 0 Å². The Morgan fingerprint density at radius 3 is 1.51 bits per heavy atom. The minimum atomic E-state index is -1.64. The van der Waals surface area contributed by atoms with Crippen molar-refractivity contribution < 1.29 is 62.3 Å². The fourth-order valence-electron chi connectivity index (χ4n) is 11.0. The summed E-state index contributed by atoms with van der Waals surface area (Å²) in [6.45, 7) is 3.86. The topological polar surface area (TPSA) is 519 Å². The summed E-state index contributed by atoms with van der Waals surface area (Å²) in [5.41, 5.74) is 40.6. The average molecular weight is 1350 g/mol. The Morgan fingerprint density at radius 1 is 0.537 bits per heavy atom. The third-order valence-electron chi connectivity index (χ3n) is 16.0. The summed E-state index contributed by atoms with van der Waals surface area (Å²) >= 11 is 1.45. The van der Waals surface area contributed by atoms with Crippen molar-refractivity contribution in [3.63, 3.8) is 0 Å². The molecule has 2 aliphatic rings. The van der Waals surface area contributed by atoms with Gasteiger partial charge in [0.25, 0.3) is 0 Å². The molecular formula is C63H98N18O13S. The van der Waals surface area contributed by atoms with Crippen molar-refractivity contribution >= 4 is 94.5 Å². The largest absolute Gasteiger partial charge is 0.370 e. The van der Waals surface area contributed by atoms with Gasteiger partial charge in [-0.25, -0.2) is 0 Å². The van der Waals surface area contributed by atoms with Crippen LogP contribution in [0.5, 0.6) is 0 Å². The number of unbranched alkanes of at least 4 members (excludes halogenated alkanes) is 1. The molecule has 95 heavy (non-hydrogen) atoms. The van der Waals surface area contributed by atoms with Crippen LogP contribution in [0, 0.1) is 5.92 Å². The lowest BCUT2D eigenvalue weighted by Crippen LogP contribution is -2.60. The highest BCUT2D eigenvalue weighted by Crippen LogP contribution is 2.24. The number of likely N-dealkylation sites (tertiary alicyclic amines) is 2. The van der Waals surface area contributed by atoms with Gasteiger partial charge in [-0.3, -0.25) is 67.3 Å². The van der Waals surface area contributed by atoms with E-state index in [0.29, 0.717) is 55.4 Å². The van der Waals surface area contributed by atoms with Crippen LogP contribution >= 0.6 is 11.8 Å². The van der Waals surface area contributed by atoms with E-state index < -0.39 is 169 Å². The molecule has 2 heterocycles. The molecule has 2 aromatic carbocycles. The van der Waals surface area contributed by atoms with Crippen molar-refractivity contribution in [2.24, 2.45) is 51.0 Å². The predicted octanol–water partition coefficient (Wildman–Crippen LogP) is -3.71. The second kappa shape index (κ2) is 41.0. The number of thioether (sulfide) groups is 1. The fraction of sp³-hybridized carbons (Fsp3) is 0.587. The standard InChI is InChI=1S/C63H98N18O13S/c1-37(2)33-45(57(89)74-41(53(68)85)27-32-95-3)73-52(84)36-72-54(86)46(34-38-15-6-4-7-16-38)78-58(90)47(35-39-17-8-5-9-18-39)79-56(88)42(23-25-50(66)82)75-55(87)43(24-26-51(67)83)76-59(91)49-22-14-31-81(49)62(94)44(20-10-11-28-64)77-60(92)48-21-13-30-80(48)61(93)40(65)19-12-29-71-63(69)70/h4-9,15-18,37,40-49H,10-14,19-36,64-65H2,1-3H3,(H2,66,82)(H2,67,83)(H2,68,85)(H,72,86)(H,73,84)(H,74,89)(H,75,87)(H,76,91)(H,77,92)(H,78,90)(H,79,88)(H4,69,70,71)/t40-,41+,42+,43+,44-,45+,46+,47+,48+,49-/m1/s1. The van der Waals surface area contributed by atoms with Crippen LogP contribution in [0.1, 0.15) is 121 Å². The Balaban J connectivity index is 1.56. The minimum absolute atomic E-state index is 0.0736. The summed E-state index contributed by atoms with van der Waals surface area (Å²) in [6, 6.07) is 4.51. The number of rotatable bonds is 42. The maximum atomic E-state index is 14.7. The second-order valence-corrected chi connectivity index (χ2v) is 25.1. The van der Waals surface area contributed by atoms with Crippen LogP contribution in [0.15, 0.2) is 65.7 Å². The number of amides is 13. The molecule has 2 fully saturated rings. The second-order valence-electron chi connectivity index (χ2n) is 24.1. The summed E-state index contributed by atoms with van der Waals surface area (Å²) in [5.74, 6) is -9.80. The molecule has 2 aromatic rings. The molecule has 22 N–H and O–H groups in total. The Labute approximate surface area is 558 Å². The van der Waals surface area contributed by atoms with E-state index in [-0.39, 0.29) is 83.0 Å². The highest BCUT2D eigenvalue weighted by Gasteiger charge is 2.42. The summed E-state index contributed by atoms with van der Waals surface area (Å²) in [5, 5.41) is 21.1. The molecule has 0 unspecified atom stereocenters. The molecule has 0 bridgehead atoms. The molecule has 2 aliphatic heterocycles. The van der Waals surface area contributed by atoms with Crippen LogP contribution in [0.4, 0.5) is 0 Å². The van der Waals surface area contributed by atoms with Crippen molar-refractivity contribution in [3.05, 3.63) is 71.8 Å². The fourth-order valence-corrected chi connectivity index (χ4v) is 11.5. The zero-order valence-electron chi connectivity index (χ0n) is 54.5. The molecule has 0 aliphatic carbocycles. The molecule has 0 saturated carbocycles. The number of benzene rings is 2. The van der Waals surface area contributed by atoms with E-state index in [1.54, 1.807) is 60.7 Å². The number of carbonyl (C=O) groups is 13. The maximum Gasteiger partial charge on any atom is 0.245 e. The molecular weight excluding hydrogens is 1250 g/mol. The number of guanidine groups is 1. The number of nitrogens with one attached hydrogen (secondary N) is 8. The van der Waals surface area contributed by atoms with E-state index >= 15 is 0 Å².